The number of quaternary nitrogens is 1. The highest BCUT2D eigenvalue weighted by atomic mass is 16.5. The summed E-state index contributed by atoms with van der Waals surface area (Å²) in [6.45, 7) is 7.46. The first-order valence-electron chi connectivity index (χ1n) is 10.2. The van der Waals surface area contributed by atoms with Gasteiger partial charge in [-0.05, 0) is 50.2 Å². The van der Waals surface area contributed by atoms with E-state index in [4.69, 9.17) is 9.47 Å². The maximum absolute atomic E-state index is 5.98. The normalized spacial score (nSPS) is 20.2. The van der Waals surface area contributed by atoms with Crippen molar-refractivity contribution in [2.24, 2.45) is 5.92 Å². The molecule has 0 aromatic heterocycles. The predicted molar refractivity (Wildman–Crippen MR) is 110 cm³/mol. The standard InChI is InChI=1S/C24H33NO2/c1-24(2)17-20(14-16-27-24)21(22-11-7-8-12-23(22)26-3)13-15-25-18-19-9-5-4-6-10-19/h4-12,20-21,25H,13-18H2,1-3H3/p+1/t20-,21-/m0/s1. The third kappa shape index (κ3) is 5.57. The predicted octanol–water partition coefficient (Wildman–Crippen LogP) is 4.14. The lowest BCUT2D eigenvalue weighted by Gasteiger charge is -2.39. The van der Waals surface area contributed by atoms with Crippen molar-refractivity contribution in [3.8, 4) is 5.75 Å². The summed E-state index contributed by atoms with van der Waals surface area (Å²) < 4.78 is 11.7. The van der Waals surface area contributed by atoms with Crippen molar-refractivity contribution < 1.29 is 14.8 Å². The fourth-order valence-electron chi connectivity index (χ4n) is 4.42. The van der Waals surface area contributed by atoms with E-state index >= 15 is 0 Å². The summed E-state index contributed by atoms with van der Waals surface area (Å²) >= 11 is 0. The Kier molecular flexibility index (Phi) is 6.92. The number of ether oxygens (including phenoxy) is 2. The summed E-state index contributed by atoms with van der Waals surface area (Å²) in [6.07, 6.45) is 3.40. The molecule has 0 amide bonds. The van der Waals surface area contributed by atoms with Crippen LogP contribution in [-0.4, -0.2) is 25.9 Å². The van der Waals surface area contributed by atoms with Crippen LogP contribution in [0.2, 0.25) is 0 Å². The van der Waals surface area contributed by atoms with Gasteiger partial charge in [0.05, 0.1) is 19.3 Å². The van der Waals surface area contributed by atoms with E-state index < -0.39 is 0 Å². The number of hydrogen-bond acceptors (Lipinski definition) is 2. The third-order valence-electron chi connectivity index (χ3n) is 5.75. The summed E-state index contributed by atoms with van der Waals surface area (Å²) in [6, 6.07) is 19.3. The monoisotopic (exact) mass is 368 g/mol. The maximum atomic E-state index is 5.98. The average molecular weight is 369 g/mol. The lowest BCUT2D eigenvalue weighted by molar-refractivity contribution is -0.671. The number of nitrogens with two attached hydrogens (primary N) is 1. The van der Waals surface area contributed by atoms with E-state index in [1.54, 1.807) is 7.11 Å². The largest absolute Gasteiger partial charge is 0.496 e. The number of methoxy groups -OCH3 is 1. The zero-order valence-electron chi connectivity index (χ0n) is 17.0. The second kappa shape index (κ2) is 9.38. The van der Waals surface area contributed by atoms with Crippen molar-refractivity contribution in [3.63, 3.8) is 0 Å². The molecule has 1 saturated heterocycles. The van der Waals surface area contributed by atoms with E-state index in [2.05, 4.69) is 73.8 Å². The SMILES string of the molecule is COc1ccccc1[C@@H](CC[NH2+]Cc1ccccc1)[C@H]1CCOC(C)(C)C1. The van der Waals surface area contributed by atoms with Gasteiger partial charge in [0, 0.05) is 18.6 Å². The molecule has 0 bridgehead atoms. The molecule has 0 radical (unpaired) electrons. The molecule has 3 nitrogen and oxygen atoms in total. The summed E-state index contributed by atoms with van der Waals surface area (Å²) in [5, 5.41) is 2.43. The minimum atomic E-state index is -0.0308. The van der Waals surface area contributed by atoms with Gasteiger partial charge in [-0.15, -0.1) is 0 Å². The minimum Gasteiger partial charge on any atom is -0.496 e. The number of benzene rings is 2. The molecule has 27 heavy (non-hydrogen) atoms. The lowest BCUT2D eigenvalue weighted by Crippen LogP contribution is -2.82. The molecule has 1 aliphatic rings. The lowest BCUT2D eigenvalue weighted by atomic mass is 9.75. The van der Waals surface area contributed by atoms with Crippen LogP contribution in [0.1, 0.15) is 50.2 Å². The van der Waals surface area contributed by atoms with Crippen molar-refractivity contribution >= 4 is 0 Å². The van der Waals surface area contributed by atoms with Gasteiger partial charge in [0.15, 0.2) is 0 Å². The fourth-order valence-corrected chi connectivity index (χ4v) is 4.42. The molecule has 1 fully saturated rings. The van der Waals surface area contributed by atoms with Crippen LogP contribution >= 0.6 is 0 Å². The number of rotatable bonds is 8. The molecule has 3 heteroatoms. The molecule has 2 aromatic carbocycles. The zero-order chi connectivity index (χ0) is 19.1. The van der Waals surface area contributed by atoms with E-state index in [0.29, 0.717) is 11.8 Å². The summed E-state index contributed by atoms with van der Waals surface area (Å²) in [7, 11) is 1.78. The van der Waals surface area contributed by atoms with Crippen LogP contribution in [0.3, 0.4) is 0 Å². The van der Waals surface area contributed by atoms with Crippen LogP contribution in [0, 0.1) is 5.92 Å². The van der Waals surface area contributed by atoms with Gasteiger partial charge in [-0.1, -0.05) is 48.5 Å². The van der Waals surface area contributed by atoms with Crippen molar-refractivity contribution in [2.75, 3.05) is 20.3 Å². The molecule has 0 saturated carbocycles. The molecule has 146 valence electrons. The van der Waals surface area contributed by atoms with E-state index in [-0.39, 0.29) is 5.60 Å². The Hall–Kier alpha value is -1.84. The molecule has 3 rings (SSSR count). The zero-order valence-corrected chi connectivity index (χ0v) is 17.0. The highest BCUT2D eigenvalue weighted by Gasteiger charge is 2.35. The Morgan fingerprint density at radius 3 is 2.59 bits per heavy atom. The Morgan fingerprint density at radius 1 is 1.11 bits per heavy atom. The van der Waals surface area contributed by atoms with Crippen LogP contribution < -0.4 is 10.1 Å². The van der Waals surface area contributed by atoms with Gasteiger partial charge in [0.2, 0.25) is 0 Å². The molecule has 0 aliphatic carbocycles. The molecule has 0 spiro atoms. The number of hydrogen-bond donors (Lipinski definition) is 1. The summed E-state index contributed by atoms with van der Waals surface area (Å²) in [4.78, 5) is 0. The highest BCUT2D eigenvalue weighted by molar-refractivity contribution is 5.36. The van der Waals surface area contributed by atoms with Crippen LogP contribution in [0.25, 0.3) is 0 Å². The van der Waals surface area contributed by atoms with Gasteiger partial charge >= 0.3 is 0 Å². The molecular formula is C24H34NO2+. The first-order valence-corrected chi connectivity index (χ1v) is 10.2. The quantitative estimate of drug-likeness (QED) is 0.711. The Morgan fingerprint density at radius 2 is 1.85 bits per heavy atom. The summed E-state index contributed by atoms with van der Waals surface area (Å²) in [5.41, 5.74) is 2.71. The van der Waals surface area contributed by atoms with Crippen LogP contribution in [-0.2, 0) is 11.3 Å². The van der Waals surface area contributed by atoms with Crippen molar-refractivity contribution in [3.05, 3.63) is 65.7 Å². The highest BCUT2D eigenvalue weighted by Crippen LogP contribution is 2.42. The van der Waals surface area contributed by atoms with E-state index in [1.165, 1.54) is 11.1 Å². The van der Waals surface area contributed by atoms with Gasteiger partial charge in [0.25, 0.3) is 0 Å². The molecule has 0 unspecified atom stereocenters. The second-order valence-corrected chi connectivity index (χ2v) is 8.27. The van der Waals surface area contributed by atoms with Gasteiger partial charge in [-0.25, -0.2) is 0 Å². The van der Waals surface area contributed by atoms with Gasteiger partial charge in [0.1, 0.15) is 12.3 Å². The van der Waals surface area contributed by atoms with Crippen molar-refractivity contribution in [2.45, 2.75) is 51.2 Å². The van der Waals surface area contributed by atoms with Crippen molar-refractivity contribution in [1.82, 2.24) is 0 Å². The van der Waals surface area contributed by atoms with E-state index in [1.807, 2.05) is 0 Å². The molecule has 2 aromatic rings. The first-order chi connectivity index (χ1) is 13.1. The van der Waals surface area contributed by atoms with Crippen LogP contribution in [0.4, 0.5) is 0 Å². The Labute approximate surface area is 164 Å². The van der Waals surface area contributed by atoms with Gasteiger partial charge in [-0.2, -0.15) is 0 Å². The summed E-state index contributed by atoms with van der Waals surface area (Å²) in [5.74, 6) is 2.17. The molecule has 2 N–H and O–H groups in total. The van der Waals surface area contributed by atoms with Crippen LogP contribution in [0.15, 0.2) is 54.6 Å². The maximum Gasteiger partial charge on any atom is 0.122 e. The van der Waals surface area contributed by atoms with E-state index in [0.717, 1.165) is 44.7 Å². The Balaban J connectivity index is 1.69. The minimum absolute atomic E-state index is 0.0308. The smallest absolute Gasteiger partial charge is 0.122 e. The molecule has 2 atom stereocenters. The second-order valence-electron chi connectivity index (χ2n) is 8.27. The molecular weight excluding hydrogens is 334 g/mol. The number of para-hydroxylation sites is 1. The van der Waals surface area contributed by atoms with Crippen molar-refractivity contribution in [1.29, 1.82) is 0 Å². The average Bonchev–Trinajstić information content (AvgIpc) is 2.68. The Bertz CT molecular complexity index is 699. The fraction of sp³-hybridized carbons (Fsp3) is 0.500. The van der Waals surface area contributed by atoms with Gasteiger partial charge in [-0.3, -0.25) is 0 Å². The molecule has 1 heterocycles. The first kappa shape index (κ1) is 19.9. The third-order valence-corrected chi connectivity index (χ3v) is 5.75. The van der Waals surface area contributed by atoms with Crippen LogP contribution in [0.5, 0.6) is 5.75 Å². The van der Waals surface area contributed by atoms with E-state index in [9.17, 15) is 0 Å². The van der Waals surface area contributed by atoms with Gasteiger partial charge < -0.3 is 14.8 Å². The topological polar surface area (TPSA) is 35.1 Å². The molecule has 1 aliphatic heterocycles.